The molecule has 0 saturated carbocycles. The number of Topliss-reactive ketones (excluding diaryl/α,β-unsaturated/α-hetero) is 1. The number of nitrogens with one attached hydrogen (secondary N) is 1. The maximum Gasteiger partial charge on any atom is 0.205 e. The normalized spacial score (nSPS) is 25.1. The second-order valence-electron chi connectivity index (χ2n) is 5.22. The van der Waals surface area contributed by atoms with Crippen LogP contribution in [0, 0.1) is 28.5 Å². The van der Waals surface area contributed by atoms with E-state index in [1.54, 1.807) is 12.1 Å². The summed E-state index contributed by atoms with van der Waals surface area (Å²) >= 11 is 0. The first-order valence-corrected chi connectivity index (χ1v) is 6.79. The molecule has 5 heteroatoms. The molecule has 0 radical (unpaired) electrons. The van der Waals surface area contributed by atoms with Gasteiger partial charge in [-0.15, -0.1) is 0 Å². The Labute approximate surface area is 121 Å². The molecule has 1 heterocycles. The Balaban J connectivity index is 2.18. The maximum atomic E-state index is 13.5. The lowest BCUT2D eigenvalue weighted by Gasteiger charge is -2.34. The summed E-state index contributed by atoms with van der Waals surface area (Å²) < 4.78 is 18.9. The molecule has 21 heavy (non-hydrogen) atoms. The van der Waals surface area contributed by atoms with Gasteiger partial charge in [-0.2, -0.15) is 5.26 Å². The average Bonchev–Trinajstić information content (AvgIpc) is 2.46. The molecular formula is C16H13FN2O2. The lowest BCUT2D eigenvalue weighted by molar-refractivity contribution is -0.116. The molecule has 1 N–H and O–H groups in total. The fourth-order valence-electron chi connectivity index (χ4n) is 2.99. The van der Waals surface area contributed by atoms with E-state index in [1.807, 2.05) is 6.07 Å². The SMILES string of the molecule is N#CC1C(=N)OC2=C(C(=O)CCC2)C1c1cccc(F)c1. The van der Waals surface area contributed by atoms with Crippen molar-refractivity contribution in [2.75, 3.05) is 0 Å². The van der Waals surface area contributed by atoms with Gasteiger partial charge >= 0.3 is 0 Å². The number of rotatable bonds is 1. The van der Waals surface area contributed by atoms with E-state index in [-0.39, 0.29) is 11.7 Å². The van der Waals surface area contributed by atoms with Crippen molar-refractivity contribution in [1.29, 1.82) is 10.7 Å². The molecule has 3 rings (SSSR count). The van der Waals surface area contributed by atoms with Crippen molar-refractivity contribution in [3.05, 3.63) is 47.0 Å². The molecule has 1 aliphatic heterocycles. The lowest BCUT2D eigenvalue weighted by atomic mass is 9.74. The molecule has 1 aromatic carbocycles. The Morgan fingerprint density at radius 2 is 2.19 bits per heavy atom. The molecule has 106 valence electrons. The average molecular weight is 284 g/mol. The highest BCUT2D eigenvalue weighted by Gasteiger charge is 2.42. The maximum absolute atomic E-state index is 13.5. The molecule has 2 unspecified atom stereocenters. The summed E-state index contributed by atoms with van der Waals surface area (Å²) in [4.78, 5) is 12.3. The Hall–Kier alpha value is -2.48. The quantitative estimate of drug-likeness (QED) is 0.861. The number of nitriles is 1. The summed E-state index contributed by atoms with van der Waals surface area (Å²) in [6, 6.07) is 7.88. The second-order valence-corrected chi connectivity index (χ2v) is 5.22. The van der Waals surface area contributed by atoms with E-state index in [0.717, 1.165) is 0 Å². The van der Waals surface area contributed by atoms with Gasteiger partial charge < -0.3 is 4.74 Å². The van der Waals surface area contributed by atoms with Crippen LogP contribution in [0.15, 0.2) is 35.6 Å². The summed E-state index contributed by atoms with van der Waals surface area (Å²) in [5.74, 6) is -1.70. The van der Waals surface area contributed by atoms with Crippen LogP contribution < -0.4 is 0 Å². The largest absolute Gasteiger partial charge is 0.446 e. The van der Waals surface area contributed by atoms with Crippen molar-refractivity contribution in [3.63, 3.8) is 0 Å². The van der Waals surface area contributed by atoms with Crippen LogP contribution in [0.2, 0.25) is 0 Å². The highest BCUT2D eigenvalue weighted by Crippen LogP contribution is 2.43. The number of halogens is 1. The van der Waals surface area contributed by atoms with E-state index >= 15 is 0 Å². The number of ketones is 1. The minimum atomic E-state index is -0.896. The van der Waals surface area contributed by atoms with E-state index in [0.29, 0.717) is 36.2 Å². The predicted molar refractivity (Wildman–Crippen MR) is 72.9 cm³/mol. The molecule has 0 saturated heterocycles. The van der Waals surface area contributed by atoms with Crippen LogP contribution in [0.3, 0.4) is 0 Å². The van der Waals surface area contributed by atoms with Gasteiger partial charge in [0.2, 0.25) is 5.90 Å². The predicted octanol–water partition coefficient (Wildman–Crippen LogP) is 3.06. The molecule has 0 amide bonds. The molecule has 0 bridgehead atoms. The first-order chi connectivity index (χ1) is 10.1. The van der Waals surface area contributed by atoms with Gasteiger partial charge in [0, 0.05) is 24.3 Å². The van der Waals surface area contributed by atoms with E-state index in [1.165, 1.54) is 12.1 Å². The summed E-state index contributed by atoms with van der Waals surface area (Å²) in [6.07, 6.45) is 1.66. The van der Waals surface area contributed by atoms with Gasteiger partial charge in [-0.25, -0.2) is 4.39 Å². The Morgan fingerprint density at radius 3 is 2.90 bits per heavy atom. The van der Waals surface area contributed by atoms with Gasteiger partial charge in [-0.3, -0.25) is 10.2 Å². The van der Waals surface area contributed by atoms with Crippen molar-refractivity contribution in [3.8, 4) is 6.07 Å². The van der Waals surface area contributed by atoms with Crippen molar-refractivity contribution in [1.82, 2.24) is 0 Å². The zero-order valence-corrected chi connectivity index (χ0v) is 11.2. The minimum absolute atomic E-state index is 0.0711. The highest BCUT2D eigenvalue weighted by molar-refractivity contribution is 6.01. The van der Waals surface area contributed by atoms with Crippen LogP contribution in [0.1, 0.15) is 30.7 Å². The third-order valence-electron chi connectivity index (χ3n) is 3.92. The lowest BCUT2D eigenvalue weighted by Crippen LogP contribution is -2.34. The number of nitrogens with zero attached hydrogens (tertiary/aromatic N) is 1. The van der Waals surface area contributed by atoms with Crippen molar-refractivity contribution in [2.45, 2.75) is 25.2 Å². The van der Waals surface area contributed by atoms with E-state index in [2.05, 4.69) is 0 Å². The number of benzene rings is 1. The van der Waals surface area contributed by atoms with Crippen LogP contribution in [-0.4, -0.2) is 11.7 Å². The molecule has 0 fully saturated rings. The second kappa shape index (κ2) is 5.13. The monoisotopic (exact) mass is 284 g/mol. The number of hydrogen-bond acceptors (Lipinski definition) is 4. The number of hydrogen-bond donors (Lipinski definition) is 1. The van der Waals surface area contributed by atoms with Gasteiger partial charge in [0.1, 0.15) is 17.5 Å². The number of carbonyl (C=O) groups excluding carboxylic acids is 1. The highest BCUT2D eigenvalue weighted by atomic mass is 19.1. The Bertz CT molecular complexity index is 702. The standard InChI is InChI=1S/C16H13FN2O2/c17-10-4-1-3-9(7-10)14-11(8-18)16(19)21-13-6-2-5-12(20)15(13)14/h1,3-4,7,11,14,19H,2,5-6H2. The van der Waals surface area contributed by atoms with Crippen LogP contribution in [0.25, 0.3) is 0 Å². The molecule has 2 aliphatic rings. The van der Waals surface area contributed by atoms with Gasteiger partial charge in [-0.05, 0) is 24.1 Å². The molecule has 0 aromatic heterocycles. The van der Waals surface area contributed by atoms with E-state index in [9.17, 15) is 14.4 Å². The Kier molecular flexibility index (Phi) is 3.30. The third-order valence-corrected chi connectivity index (χ3v) is 3.92. The van der Waals surface area contributed by atoms with Crippen LogP contribution in [0.4, 0.5) is 4.39 Å². The van der Waals surface area contributed by atoms with Crippen molar-refractivity contribution >= 4 is 11.7 Å². The summed E-state index contributed by atoms with van der Waals surface area (Å²) in [7, 11) is 0. The summed E-state index contributed by atoms with van der Waals surface area (Å²) in [6.45, 7) is 0. The van der Waals surface area contributed by atoms with Gasteiger partial charge in [0.25, 0.3) is 0 Å². The van der Waals surface area contributed by atoms with Crippen LogP contribution in [0.5, 0.6) is 0 Å². The number of carbonyl (C=O) groups is 1. The first-order valence-electron chi connectivity index (χ1n) is 6.79. The van der Waals surface area contributed by atoms with E-state index < -0.39 is 17.7 Å². The fourth-order valence-corrected chi connectivity index (χ4v) is 2.99. The molecule has 1 aromatic rings. The van der Waals surface area contributed by atoms with E-state index in [4.69, 9.17) is 10.1 Å². The third kappa shape index (κ3) is 2.23. The van der Waals surface area contributed by atoms with Crippen LogP contribution in [-0.2, 0) is 9.53 Å². The zero-order chi connectivity index (χ0) is 15.0. The number of ether oxygens (including phenoxy) is 1. The Morgan fingerprint density at radius 1 is 1.38 bits per heavy atom. The smallest absolute Gasteiger partial charge is 0.205 e. The van der Waals surface area contributed by atoms with Gasteiger partial charge in [0.15, 0.2) is 5.78 Å². The first kappa shape index (κ1) is 13.5. The molecular weight excluding hydrogens is 271 g/mol. The van der Waals surface area contributed by atoms with Crippen molar-refractivity contribution < 1.29 is 13.9 Å². The fraction of sp³-hybridized carbons (Fsp3) is 0.312. The van der Waals surface area contributed by atoms with Crippen molar-refractivity contribution in [2.24, 2.45) is 5.92 Å². The minimum Gasteiger partial charge on any atom is -0.446 e. The molecule has 1 aliphatic carbocycles. The topological polar surface area (TPSA) is 73.9 Å². The van der Waals surface area contributed by atoms with Crippen LogP contribution >= 0.6 is 0 Å². The number of allylic oxidation sites excluding steroid dienone is 2. The molecule has 4 nitrogen and oxygen atoms in total. The summed E-state index contributed by atoms with van der Waals surface area (Å²) in [5.41, 5.74) is 0.978. The zero-order valence-electron chi connectivity index (χ0n) is 11.2. The molecule has 2 atom stereocenters. The van der Waals surface area contributed by atoms with Gasteiger partial charge in [-0.1, -0.05) is 12.1 Å². The summed E-state index contributed by atoms with van der Waals surface area (Å²) in [5, 5.41) is 17.2. The molecule has 0 spiro atoms. The van der Waals surface area contributed by atoms with Gasteiger partial charge in [0.05, 0.1) is 6.07 Å².